The minimum absolute atomic E-state index is 0.183. The summed E-state index contributed by atoms with van der Waals surface area (Å²) in [6, 6.07) is 0. The van der Waals surface area contributed by atoms with E-state index in [1.54, 1.807) is 13.1 Å². The quantitative estimate of drug-likeness (QED) is 0.797. The average molecular weight is 269 g/mol. The van der Waals surface area contributed by atoms with Crippen LogP contribution in [0.1, 0.15) is 11.5 Å². The first-order valence-electron chi connectivity index (χ1n) is 5.46. The van der Waals surface area contributed by atoms with Crippen molar-refractivity contribution in [3.8, 4) is 0 Å². The first kappa shape index (κ1) is 12.8. The SMILES string of the molecule is Cc1[nH]ncc1S(=O)(=O)NCCc1nccn1C. The summed E-state index contributed by atoms with van der Waals surface area (Å²) in [5.41, 5.74) is 0.527. The fraction of sp³-hybridized carbons (Fsp3) is 0.400. The minimum atomic E-state index is -3.49. The van der Waals surface area contributed by atoms with Gasteiger partial charge in [-0.15, -0.1) is 0 Å². The highest BCUT2D eigenvalue weighted by Crippen LogP contribution is 2.10. The summed E-state index contributed by atoms with van der Waals surface area (Å²) in [6.07, 6.45) is 5.35. The van der Waals surface area contributed by atoms with Crippen molar-refractivity contribution < 1.29 is 8.42 Å². The van der Waals surface area contributed by atoms with Crippen LogP contribution < -0.4 is 4.72 Å². The molecule has 0 aromatic carbocycles. The van der Waals surface area contributed by atoms with Crippen molar-refractivity contribution in [2.45, 2.75) is 18.2 Å². The molecule has 2 aromatic rings. The Morgan fingerprint density at radius 3 is 2.83 bits per heavy atom. The molecule has 0 spiro atoms. The van der Waals surface area contributed by atoms with E-state index in [4.69, 9.17) is 0 Å². The molecule has 0 bridgehead atoms. The maximum Gasteiger partial charge on any atom is 0.243 e. The van der Waals surface area contributed by atoms with Crippen molar-refractivity contribution in [2.24, 2.45) is 7.05 Å². The van der Waals surface area contributed by atoms with Crippen molar-refractivity contribution >= 4 is 10.0 Å². The van der Waals surface area contributed by atoms with Crippen LogP contribution in [0.25, 0.3) is 0 Å². The van der Waals surface area contributed by atoms with E-state index in [0.29, 0.717) is 18.7 Å². The van der Waals surface area contributed by atoms with Gasteiger partial charge in [-0.3, -0.25) is 5.10 Å². The topological polar surface area (TPSA) is 92.7 Å². The van der Waals surface area contributed by atoms with Gasteiger partial charge in [0, 0.05) is 32.4 Å². The molecule has 0 aliphatic rings. The van der Waals surface area contributed by atoms with E-state index in [9.17, 15) is 8.42 Å². The molecule has 2 aromatic heterocycles. The van der Waals surface area contributed by atoms with E-state index in [-0.39, 0.29) is 4.90 Å². The molecule has 0 saturated carbocycles. The Morgan fingerprint density at radius 1 is 1.50 bits per heavy atom. The summed E-state index contributed by atoms with van der Waals surface area (Å²) < 4.78 is 28.2. The van der Waals surface area contributed by atoms with Gasteiger partial charge in [0.2, 0.25) is 10.0 Å². The molecule has 2 heterocycles. The molecular weight excluding hydrogens is 254 g/mol. The predicted octanol–water partition coefficient (Wildman–Crippen LogP) is -0.0274. The Balaban J connectivity index is 1.99. The third-order valence-electron chi connectivity index (χ3n) is 2.63. The number of aromatic nitrogens is 4. The molecule has 98 valence electrons. The first-order chi connectivity index (χ1) is 8.50. The zero-order valence-electron chi connectivity index (χ0n) is 10.2. The fourth-order valence-electron chi connectivity index (χ4n) is 1.62. The molecule has 7 nitrogen and oxygen atoms in total. The highest BCUT2D eigenvalue weighted by atomic mass is 32.2. The van der Waals surface area contributed by atoms with Gasteiger partial charge in [-0.05, 0) is 6.92 Å². The second-order valence-corrected chi connectivity index (χ2v) is 5.70. The minimum Gasteiger partial charge on any atom is -0.338 e. The van der Waals surface area contributed by atoms with Gasteiger partial charge in [0.25, 0.3) is 0 Å². The van der Waals surface area contributed by atoms with Crippen molar-refractivity contribution in [3.63, 3.8) is 0 Å². The van der Waals surface area contributed by atoms with Crippen LogP contribution in [0.15, 0.2) is 23.5 Å². The number of aryl methyl sites for hydroxylation is 2. The normalized spacial score (nSPS) is 11.9. The van der Waals surface area contributed by atoms with Crippen LogP contribution in [0.2, 0.25) is 0 Å². The fourth-order valence-corrected chi connectivity index (χ4v) is 2.79. The number of sulfonamides is 1. The van der Waals surface area contributed by atoms with Crippen LogP contribution in [0.5, 0.6) is 0 Å². The largest absolute Gasteiger partial charge is 0.338 e. The smallest absolute Gasteiger partial charge is 0.243 e. The molecule has 0 aliphatic carbocycles. The van der Waals surface area contributed by atoms with Crippen molar-refractivity contribution in [3.05, 3.63) is 30.1 Å². The lowest BCUT2D eigenvalue weighted by molar-refractivity contribution is 0.579. The highest BCUT2D eigenvalue weighted by molar-refractivity contribution is 7.89. The number of nitrogens with zero attached hydrogens (tertiary/aromatic N) is 3. The van der Waals surface area contributed by atoms with E-state index >= 15 is 0 Å². The molecule has 0 aliphatic heterocycles. The summed E-state index contributed by atoms with van der Waals surface area (Å²) in [7, 11) is -1.62. The van der Waals surface area contributed by atoms with Gasteiger partial charge in [0.1, 0.15) is 10.7 Å². The highest BCUT2D eigenvalue weighted by Gasteiger charge is 2.17. The third-order valence-corrected chi connectivity index (χ3v) is 4.21. The number of nitrogens with one attached hydrogen (secondary N) is 2. The molecule has 0 unspecified atom stereocenters. The van der Waals surface area contributed by atoms with Crippen LogP contribution in [0.4, 0.5) is 0 Å². The maximum absolute atomic E-state index is 11.9. The third kappa shape index (κ3) is 2.59. The molecule has 0 saturated heterocycles. The van der Waals surface area contributed by atoms with E-state index in [1.807, 2.05) is 17.8 Å². The monoisotopic (exact) mass is 269 g/mol. The van der Waals surface area contributed by atoms with Crippen LogP contribution in [-0.4, -0.2) is 34.7 Å². The van der Waals surface area contributed by atoms with Gasteiger partial charge in [0.15, 0.2) is 0 Å². The lowest BCUT2D eigenvalue weighted by atomic mass is 10.4. The van der Waals surface area contributed by atoms with E-state index in [1.165, 1.54) is 6.20 Å². The lowest BCUT2D eigenvalue weighted by Gasteiger charge is -2.05. The Morgan fingerprint density at radius 2 is 2.28 bits per heavy atom. The Kier molecular flexibility index (Phi) is 3.48. The molecular formula is C10H15N5O2S. The average Bonchev–Trinajstić information content (AvgIpc) is 2.88. The van der Waals surface area contributed by atoms with Gasteiger partial charge < -0.3 is 4.57 Å². The van der Waals surface area contributed by atoms with Crippen molar-refractivity contribution in [1.82, 2.24) is 24.5 Å². The zero-order valence-corrected chi connectivity index (χ0v) is 11.0. The van der Waals surface area contributed by atoms with Crippen molar-refractivity contribution in [2.75, 3.05) is 6.54 Å². The van der Waals surface area contributed by atoms with Gasteiger partial charge in [-0.25, -0.2) is 18.1 Å². The summed E-state index contributed by atoms with van der Waals surface area (Å²) in [4.78, 5) is 4.31. The number of rotatable bonds is 5. The number of aromatic amines is 1. The Bertz CT molecular complexity index is 628. The Labute approximate surface area is 105 Å². The summed E-state index contributed by atoms with van der Waals surface area (Å²) >= 11 is 0. The van der Waals surface area contributed by atoms with E-state index in [2.05, 4.69) is 19.9 Å². The molecule has 18 heavy (non-hydrogen) atoms. The van der Waals surface area contributed by atoms with Gasteiger partial charge >= 0.3 is 0 Å². The summed E-state index contributed by atoms with van der Waals surface area (Å²) in [5.74, 6) is 0.835. The number of hydrogen-bond donors (Lipinski definition) is 2. The van der Waals surface area contributed by atoms with E-state index < -0.39 is 10.0 Å². The van der Waals surface area contributed by atoms with Crippen LogP contribution >= 0.6 is 0 Å². The van der Waals surface area contributed by atoms with Gasteiger partial charge in [0.05, 0.1) is 11.9 Å². The first-order valence-corrected chi connectivity index (χ1v) is 6.95. The molecule has 2 N–H and O–H groups in total. The van der Waals surface area contributed by atoms with Gasteiger partial charge in [-0.1, -0.05) is 0 Å². The number of imidazole rings is 1. The standard InChI is InChI=1S/C10H15N5O2S/c1-8-9(7-12-14-8)18(16,17)13-4-3-10-11-5-6-15(10)2/h5-7,13H,3-4H2,1-2H3,(H,12,14). The van der Waals surface area contributed by atoms with Gasteiger partial charge in [-0.2, -0.15) is 5.10 Å². The van der Waals surface area contributed by atoms with Crippen LogP contribution in [0, 0.1) is 6.92 Å². The Hall–Kier alpha value is -1.67. The summed E-state index contributed by atoms with van der Waals surface area (Å²) in [5, 5.41) is 6.30. The maximum atomic E-state index is 11.9. The predicted molar refractivity (Wildman–Crippen MR) is 65.4 cm³/mol. The second-order valence-electron chi connectivity index (χ2n) is 3.96. The molecule has 0 amide bonds. The molecule has 0 radical (unpaired) electrons. The number of H-pyrrole nitrogens is 1. The second kappa shape index (κ2) is 4.91. The van der Waals surface area contributed by atoms with E-state index in [0.717, 1.165) is 5.82 Å². The van der Waals surface area contributed by atoms with Crippen LogP contribution in [-0.2, 0) is 23.5 Å². The molecule has 0 atom stereocenters. The van der Waals surface area contributed by atoms with Crippen LogP contribution in [0.3, 0.4) is 0 Å². The van der Waals surface area contributed by atoms with Crippen molar-refractivity contribution in [1.29, 1.82) is 0 Å². The molecule has 8 heteroatoms. The lowest BCUT2D eigenvalue weighted by Crippen LogP contribution is -2.26. The molecule has 2 rings (SSSR count). The summed E-state index contributed by atoms with van der Waals surface area (Å²) in [6.45, 7) is 1.97. The zero-order chi connectivity index (χ0) is 13.2. The molecule has 0 fully saturated rings. The number of hydrogen-bond acceptors (Lipinski definition) is 4.